The van der Waals surface area contributed by atoms with Crippen molar-refractivity contribution in [1.29, 1.82) is 0 Å². The first kappa shape index (κ1) is 18.1. The van der Waals surface area contributed by atoms with Crippen molar-refractivity contribution >= 4 is 15.7 Å². The molecule has 4 rings (SSSR count). The van der Waals surface area contributed by atoms with Crippen LogP contribution in [0.25, 0.3) is 0 Å². The van der Waals surface area contributed by atoms with Crippen molar-refractivity contribution in [2.24, 2.45) is 0 Å². The third-order valence-electron chi connectivity index (χ3n) is 5.02. The normalized spacial score (nSPS) is 16.5. The van der Waals surface area contributed by atoms with Crippen molar-refractivity contribution in [1.82, 2.24) is 4.72 Å². The number of hydrogen-bond donors (Lipinski definition) is 1. The molecule has 1 N–H and O–H groups in total. The van der Waals surface area contributed by atoms with Gasteiger partial charge in [0.15, 0.2) is 11.5 Å². The van der Waals surface area contributed by atoms with Crippen LogP contribution in [-0.4, -0.2) is 34.8 Å². The van der Waals surface area contributed by atoms with Crippen LogP contribution in [0.4, 0.5) is 5.69 Å². The van der Waals surface area contributed by atoms with Gasteiger partial charge in [-0.3, -0.25) is 0 Å². The highest BCUT2D eigenvalue weighted by Crippen LogP contribution is 2.33. The Balaban J connectivity index is 1.33. The highest BCUT2D eigenvalue weighted by atomic mass is 32.2. The first-order valence-electron chi connectivity index (χ1n) is 9.35. The van der Waals surface area contributed by atoms with Crippen LogP contribution in [0, 0.1) is 0 Å². The van der Waals surface area contributed by atoms with Crippen LogP contribution >= 0.6 is 0 Å². The summed E-state index contributed by atoms with van der Waals surface area (Å²) in [7, 11) is -3.57. The zero-order valence-corrected chi connectivity index (χ0v) is 16.0. The molecule has 0 aromatic heterocycles. The van der Waals surface area contributed by atoms with Gasteiger partial charge in [0.05, 0.1) is 4.90 Å². The second-order valence-corrected chi connectivity index (χ2v) is 8.64. The second kappa shape index (κ2) is 7.78. The molecule has 2 aromatic carbocycles. The van der Waals surface area contributed by atoms with E-state index in [0.717, 1.165) is 18.7 Å². The molecule has 0 spiro atoms. The average molecular weight is 388 g/mol. The van der Waals surface area contributed by atoms with Gasteiger partial charge in [-0.15, -0.1) is 0 Å². The smallest absolute Gasteiger partial charge is 0.240 e. The Morgan fingerprint density at radius 3 is 2.44 bits per heavy atom. The maximum absolute atomic E-state index is 12.5. The van der Waals surface area contributed by atoms with Crippen LogP contribution in [-0.2, 0) is 16.4 Å². The number of ether oxygens (including phenoxy) is 2. The molecule has 6 nitrogen and oxygen atoms in total. The number of nitrogens with one attached hydrogen (secondary N) is 1. The molecule has 0 saturated carbocycles. The monoisotopic (exact) mass is 388 g/mol. The number of nitrogens with zero attached hydrogens (tertiary/aromatic N) is 1. The Morgan fingerprint density at radius 1 is 0.926 bits per heavy atom. The maximum Gasteiger partial charge on any atom is 0.240 e. The van der Waals surface area contributed by atoms with Gasteiger partial charge in [-0.05, 0) is 55.5 Å². The minimum atomic E-state index is -3.57. The fourth-order valence-corrected chi connectivity index (χ4v) is 4.53. The lowest BCUT2D eigenvalue weighted by Gasteiger charge is -2.28. The topological polar surface area (TPSA) is 67.9 Å². The molecule has 0 radical (unpaired) electrons. The zero-order chi connectivity index (χ0) is 18.7. The van der Waals surface area contributed by atoms with Crippen molar-refractivity contribution < 1.29 is 17.9 Å². The van der Waals surface area contributed by atoms with Crippen molar-refractivity contribution in [2.75, 3.05) is 31.3 Å². The second-order valence-electron chi connectivity index (χ2n) is 6.88. The molecule has 2 aliphatic rings. The predicted molar refractivity (Wildman–Crippen MR) is 104 cm³/mol. The molecule has 1 saturated heterocycles. The zero-order valence-electron chi connectivity index (χ0n) is 15.2. The average Bonchev–Trinajstić information content (AvgIpc) is 3.17. The number of rotatable bonds is 6. The molecule has 2 aliphatic heterocycles. The molecular formula is C20H24N2O4S. The van der Waals surface area contributed by atoms with E-state index in [1.54, 1.807) is 6.07 Å². The van der Waals surface area contributed by atoms with Crippen LogP contribution in [0.1, 0.15) is 24.8 Å². The first-order valence-corrected chi connectivity index (χ1v) is 10.8. The highest BCUT2D eigenvalue weighted by molar-refractivity contribution is 7.89. The molecule has 0 atom stereocenters. The number of anilines is 1. The Morgan fingerprint density at radius 2 is 1.67 bits per heavy atom. The SMILES string of the molecule is O=S(=O)(NCCc1ccc(N2CCCCC2)cc1)c1ccc2c(c1)OCO2. The summed E-state index contributed by atoms with van der Waals surface area (Å²) in [6.07, 6.45) is 4.47. The lowest BCUT2D eigenvalue weighted by Crippen LogP contribution is -2.29. The number of hydrogen-bond acceptors (Lipinski definition) is 5. The largest absolute Gasteiger partial charge is 0.454 e. The number of sulfonamides is 1. The van der Waals surface area contributed by atoms with Gasteiger partial charge in [-0.2, -0.15) is 0 Å². The van der Waals surface area contributed by atoms with Crippen LogP contribution in [0.3, 0.4) is 0 Å². The minimum Gasteiger partial charge on any atom is -0.454 e. The van der Waals surface area contributed by atoms with E-state index in [1.807, 2.05) is 0 Å². The van der Waals surface area contributed by atoms with E-state index < -0.39 is 10.0 Å². The molecule has 0 aliphatic carbocycles. The molecule has 7 heteroatoms. The summed E-state index contributed by atoms with van der Waals surface area (Å²) >= 11 is 0. The van der Waals surface area contributed by atoms with Gasteiger partial charge in [0.1, 0.15) is 0 Å². The summed E-state index contributed by atoms with van der Waals surface area (Å²) in [6.45, 7) is 2.71. The molecule has 1 fully saturated rings. The lowest BCUT2D eigenvalue weighted by molar-refractivity contribution is 0.174. The summed E-state index contributed by atoms with van der Waals surface area (Å²) in [6, 6.07) is 13.1. The van der Waals surface area contributed by atoms with Gasteiger partial charge in [-0.1, -0.05) is 12.1 Å². The van der Waals surface area contributed by atoms with Crippen LogP contribution in [0.15, 0.2) is 47.4 Å². The summed E-state index contributed by atoms with van der Waals surface area (Å²) in [5, 5.41) is 0. The summed E-state index contributed by atoms with van der Waals surface area (Å²) < 4.78 is 38.1. The van der Waals surface area contributed by atoms with E-state index in [0.29, 0.717) is 24.5 Å². The highest BCUT2D eigenvalue weighted by Gasteiger charge is 2.20. The van der Waals surface area contributed by atoms with Crippen LogP contribution < -0.4 is 19.1 Å². The standard InChI is InChI=1S/C20H24N2O4S/c23-27(24,18-8-9-19-20(14-18)26-15-25-19)21-11-10-16-4-6-17(7-5-16)22-12-2-1-3-13-22/h4-9,14,21H,1-3,10-13,15H2. The summed E-state index contributed by atoms with van der Waals surface area (Å²) in [4.78, 5) is 2.60. The van der Waals surface area contributed by atoms with Gasteiger partial charge < -0.3 is 14.4 Å². The number of piperidine rings is 1. The van der Waals surface area contributed by atoms with E-state index >= 15 is 0 Å². The molecule has 0 unspecified atom stereocenters. The van der Waals surface area contributed by atoms with Gasteiger partial charge in [0.25, 0.3) is 0 Å². The molecule has 0 amide bonds. The minimum absolute atomic E-state index is 0.125. The number of benzene rings is 2. The quantitative estimate of drug-likeness (QED) is 0.824. The molecule has 27 heavy (non-hydrogen) atoms. The van der Waals surface area contributed by atoms with Gasteiger partial charge in [0.2, 0.25) is 16.8 Å². The maximum atomic E-state index is 12.5. The Labute approximate surface area is 160 Å². The summed E-state index contributed by atoms with van der Waals surface area (Å²) in [5.41, 5.74) is 2.36. The van der Waals surface area contributed by atoms with E-state index in [9.17, 15) is 8.42 Å². The Hall–Kier alpha value is -2.25. The first-order chi connectivity index (χ1) is 13.1. The van der Waals surface area contributed by atoms with E-state index in [2.05, 4.69) is 33.9 Å². The van der Waals surface area contributed by atoms with Crippen molar-refractivity contribution in [3.8, 4) is 11.5 Å². The third kappa shape index (κ3) is 4.20. The molecule has 0 bridgehead atoms. The fraction of sp³-hybridized carbons (Fsp3) is 0.400. The summed E-state index contributed by atoms with van der Waals surface area (Å²) in [5.74, 6) is 1.04. The van der Waals surface area contributed by atoms with Crippen molar-refractivity contribution in [3.63, 3.8) is 0 Å². The van der Waals surface area contributed by atoms with Gasteiger partial charge in [-0.25, -0.2) is 13.1 Å². The van der Waals surface area contributed by atoms with Gasteiger partial charge in [0, 0.05) is 31.4 Å². The van der Waals surface area contributed by atoms with Crippen LogP contribution in [0.2, 0.25) is 0 Å². The molecular weight excluding hydrogens is 364 g/mol. The van der Waals surface area contributed by atoms with Crippen molar-refractivity contribution in [2.45, 2.75) is 30.6 Å². The molecule has 2 aromatic rings. The predicted octanol–water partition coefficient (Wildman–Crippen LogP) is 2.93. The molecule has 2 heterocycles. The Bertz CT molecular complexity index is 891. The fourth-order valence-electron chi connectivity index (χ4n) is 3.48. The van der Waals surface area contributed by atoms with Gasteiger partial charge >= 0.3 is 0 Å². The molecule has 144 valence electrons. The number of fused-ring (bicyclic) bond motifs is 1. The van der Waals surface area contributed by atoms with E-state index in [1.165, 1.54) is 37.1 Å². The lowest BCUT2D eigenvalue weighted by atomic mass is 10.1. The van der Waals surface area contributed by atoms with E-state index in [4.69, 9.17) is 9.47 Å². The third-order valence-corrected chi connectivity index (χ3v) is 6.48. The van der Waals surface area contributed by atoms with E-state index in [-0.39, 0.29) is 11.7 Å². The van der Waals surface area contributed by atoms with Crippen LogP contribution in [0.5, 0.6) is 11.5 Å². The Kier molecular flexibility index (Phi) is 5.22. The van der Waals surface area contributed by atoms with Crippen molar-refractivity contribution in [3.05, 3.63) is 48.0 Å².